The third-order valence-electron chi connectivity index (χ3n) is 3.23. The lowest BCUT2D eigenvalue weighted by Gasteiger charge is -2.26. The van der Waals surface area contributed by atoms with Crippen molar-refractivity contribution >= 4 is 10.8 Å². The van der Waals surface area contributed by atoms with Crippen LogP contribution in [-0.4, -0.2) is 27.8 Å². The van der Waals surface area contributed by atoms with Gasteiger partial charge in [0.15, 0.2) is 0 Å². The molecule has 3 atom stereocenters. The third kappa shape index (κ3) is 2.87. The smallest absolute Gasteiger partial charge is 0.118 e. The number of methoxy groups -OCH3 is 1. The van der Waals surface area contributed by atoms with Crippen LogP contribution in [-0.2, 0) is 10.8 Å². The molecule has 1 aromatic rings. The summed E-state index contributed by atoms with van der Waals surface area (Å²) in [6.07, 6.45) is 3.29. The zero-order valence-electron chi connectivity index (χ0n) is 9.96. The van der Waals surface area contributed by atoms with Gasteiger partial charge in [-0.05, 0) is 37.1 Å². The Morgan fingerprint density at radius 2 is 1.88 bits per heavy atom. The zero-order valence-corrected chi connectivity index (χ0v) is 10.8. The maximum atomic E-state index is 12.3. The zero-order chi connectivity index (χ0) is 12.3. The van der Waals surface area contributed by atoms with Gasteiger partial charge >= 0.3 is 0 Å². The van der Waals surface area contributed by atoms with Gasteiger partial charge in [0, 0.05) is 4.90 Å². The summed E-state index contributed by atoms with van der Waals surface area (Å²) in [5.41, 5.74) is 0. The van der Waals surface area contributed by atoms with Gasteiger partial charge in [0.25, 0.3) is 0 Å². The van der Waals surface area contributed by atoms with Crippen LogP contribution in [0.25, 0.3) is 0 Å². The van der Waals surface area contributed by atoms with Crippen molar-refractivity contribution in [2.24, 2.45) is 0 Å². The molecule has 0 spiro atoms. The quantitative estimate of drug-likeness (QED) is 0.898. The summed E-state index contributed by atoms with van der Waals surface area (Å²) in [4.78, 5) is 0.775. The molecule has 1 fully saturated rings. The molecular formula is C13H18O3S. The predicted octanol–water partition coefficient (Wildman–Crippen LogP) is 2.11. The van der Waals surface area contributed by atoms with Crippen molar-refractivity contribution in [2.45, 2.75) is 41.9 Å². The molecule has 0 amide bonds. The van der Waals surface area contributed by atoms with Crippen LogP contribution in [0.3, 0.4) is 0 Å². The normalized spacial score (nSPS) is 26.5. The van der Waals surface area contributed by atoms with Crippen LogP contribution in [0.4, 0.5) is 0 Å². The maximum absolute atomic E-state index is 12.3. The van der Waals surface area contributed by atoms with E-state index in [9.17, 15) is 9.32 Å². The first kappa shape index (κ1) is 12.6. The lowest BCUT2D eigenvalue weighted by molar-refractivity contribution is 0.135. The van der Waals surface area contributed by atoms with Crippen molar-refractivity contribution < 1.29 is 14.1 Å². The van der Waals surface area contributed by atoms with Gasteiger partial charge in [-0.15, -0.1) is 0 Å². The number of hydrogen-bond acceptors (Lipinski definition) is 3. The first-order valence-corrected chi connectivity index (χ1v) is 7.16. The minimum Gasteiger partial charge on any atom is -0.497 e. The van der Waals surface area contributed by atoms with Crippen molar-refractivity contribution in [1.29, 1.82) is 0 Å². The molecule has 1 N–H and O–H groups in total. The van der Waals surface area contributed by atoms with Crippen molar-refractivity contribution in [3.63, 3.8) is 0 Å². The van der Waals surface area contributed by atoms with E-state index in [1.54, 1.807) is 7.11 Å². The molecule has 0 saturated heterocycles. The Kier molecular flexibility index (Phi) is 4.18. The van der Waals surface area contributed by atoms with E-state index in [2.05, 4.69) is 0 Å². The molecule has 0 bridgehead atoms. The summed E-state index contributed by atoms with van der Waals surface area (Å²) in [7, 11) is 0.492. The second-order valence-corrected chi connectivity index (χ2v) is 6.03. The van der Waals surface area contributed by atoms with Crippen LogP contribution in [0.2, 0.25) is 0 Å². The Morgan fingerprint density at radius 1 is 1.24 bits per heavy atom. The third-order valence-corrected chi connectivity index (χ3v) is 5.07. The SMILES string of the molecule is COc1ccc(S(=O)[C@@H]2CCCC[C@H]2O)cc1. The predicted molar refractivity (Wildman–Crippen MR) is 67.7 cm³/mol. The van der Waals surface area contributed by atoms with Crippen LogP contribution in [0.1, 0.15) is 25.7 Å². The van der Waals surface area contributed by atoms with Gasteiger partial charge in [-0.3, -0.25) is 4.21 Å². The molecule has 94 valence electrons. The molecule has 0 aromatic heterocycles. The Morgan fingerprint density at radius 3 is 2.47 bits per heavy atom. The maximum Gasteiger partial charge on any atom is 0.118 e. The van der Waals surface area contributed by atoms with Crippen molar-refractivity contribution in [2.75, 3.05) is 7.11 Å². The van der Waals surface area contributed by atoms with Crippen LogP contribution in [0.5, 0.6) is 5.75 Å². The minimum atomic E-state index is -1.12. The Bertz CT molecular complexity index is 388. The molecule has 4 heteroatoms. The van der Waals surface area contributed by atoms with E-state index in [1.807, 2.05) is 24.3 Å². The van der Waals surface area contributed by atoms with Crippen LogP contribution < -0.4 is 4.74 Å². The number of aliphatic hydroxyl groups excluding tert-OH is 1. The molecule has 3 nitrogen and oxygen atoms in total. The second-order valence-electron chi connectivity index (χ2n) is 4.36. The summed E-state index contributed by atoms with van der Waals surface area (Å²) in [5, 5.41) is 9.77. The van der Waals surface area contributed by atoms with Crippen LogP contribution in [0, 0.1) is 0 Å². The molecule has 0 aliphatic heterocycles. The molecule has 1 saturated carbocycles. The fourth-order valence-corrected chi connectivity index (χ4v) is 3.77. The standard InChI is InChI=1S/C13H18O3S/c1-16-10-6-8-11(9-7-10)17(15)13-5-3-2-4-12(13)14/h6-9,12-14H,2-5H2,1H3/t12-,13-,17?/m1/s1. The van der Waals surface area contributed by atoms with E-state index in [-0.39, 0.29) is 5.25 Å². The fraction of sp³-hybridized carbons (Fsp3) is 0.538. The van der Waals surface area contributed by atoms with E-state index in [1.165, 1.54) is 0 Å². The molecule has 1 aliphatic rings. The Balaban J connectivity index is 2.12. The molecule has 1 aliphatic carbocycles. The first-order chi connectivity index (χ1) is 8.22. The Labute approximate surface area is 104 Å². The molecule has 17 heavy (non-hydrogen) atoms. The van der Waals surface area contributed by atoms with Gasteiger partial charge in [0.1, 0.15) is 5.75 Å². The van der Waals surface area contributed by atoms with E-state index in [4.69, 9.17) is 4.74 Å². The summed E-state index contributed by atoms with van der Waals surface area (Å²) in [5.74, 6) is 0.759. The Hall–Kier alpha value is -0.870. The average molecular weight is 254 g/mol. The molecule has 0 heterocycles. The van der Waals surface area contributed by atoms with Crippen LogP contribution >= 0.6 is 0 Å². The van der Waals surface area contributed by atoms with Crippen molar-refractivity contribution in [3.05, 3.63) is 24.3 Å². The highest BCUT2D eigenvalue weighted by atomic mass is 32.2. The average Bonchev–Trinajstić information content (AvgIpc) is 2.39. The first-order valence-electron chi connectivity index (χ1n) is 5.95. The molecule has 1 aromatic carbocycles. The summed E-state index contributed by atoms with van der Waals surface area (Å²) in [6.45, 7) is 0. The van der Waals surface area contributed by atoms with E-state index in [0.29, 0.717) is 0 Å². The van der Waals surface area contributed by atoms with Gasteiger partial charge in [-0.25, -0.2) is 0 Å². The number of hydrogen-bond donors (Lipinski definition) is 1. The van der Waals surface area contributed by atoms with Gasteiger partial charge in [0.05, 0.1) is 29.3 Å². The monoisotopic (exact) mass is 254 g/mol. The number of ether oxygens (including phenoxy) is 1. The van der Waals surface area contributed by atoms with Crippen molar-refractivity contribution in [1.82, 2.24) is 0 Å². The minimum absolute atomic E-state index is 0.114. The number of benzene rings is 1. The van der Waals surface area contributed by atoms with Gasteiger partial charge in [0.2, 0.25) is 0 Å². The van der Waals surface area contributed by atoms with Gasteiger partial charge in [-0.1, -0.05) is 12.8 Å². The van der Waals surface area contributed by atoms with E-state index in [0.717, 1.165) is 36.3 Å². The number of rotatable bonds is 3. The summed E-state index contributed by atoms with van der Waals surface area (Å²) in [6, 6.07) is 7.25. The largest absolute Gasteiger partial charge is 0.497 e. The molecular weight excluding hydrogens is 236 g/mol. The van der Waals surface area contributed by atoms with Gasteiger partial charge < -0.3 is 9.84 Å². The highest BCUT2D eigenvalue weighted by Crippen LogP contribution is 2.27. The van der Waals surface area contributed by atoms with E-state index < -0.39 is 16.9 Å². The number of aliphatic hydroxyl groups is 1. The van der Waals surface area contributed by atoms with Gasteiger partial charge in [-0.2, -0.15) is 0 Å². The highest BCUT2D eigenvalue weighted by Gasteiger charge is 2.28. The summed E-state index contributed by atoms with van der Waals surface area (Å²) >= 11 is 0. The van der Waals surface area contributed by atoms with Crippen LogP contribution in [0.15, 0.2) is 29.2 Å². The summed E-state index contributed by atoms with van der Waals surface area (Å²) < 4.78 is 17.4. The topological polar surface area (TPSA) is 46.5 Å². The molecule has 2 rings (SSSR count). The van der Waals surface area contributed by atoms with E-state index >= 15 is 0 Å². The fourth-order valence-electron chi connectivity index (χ4n) is 2.21. The highest BCUT2D eigenvalue weighted by molar-refractivity contribution is 7.85. The van der Waals surface area contributed by atoms with Crippen molar-refractivity contribution in [3.8, 4) is 5.75 Å². The second kappa shape index (κ2) is 5.65. The molecule has 0 radical (unpaired) electrons. The lowest BCUT2D eigenvalue weighted by Crippen LogP contribution is -2.33. The lowest BCUT2D eigenvalue weighted by atomic mass is 9.97. The molecule has 1 unspecified atom stereocenters.